The lowest BCUT2D eigenvalue weighted by Gasteiger charge is -2.46. The lowest BCUT2D eigenvalue weighted by atomic mass is 9.62. The minimum atomic E-state index is -0.217. The Labute approximate surface area is 127 Å². The molecule has 0 amide bonds. The molecule has 120 valence electrons. The number of aliphatic hydroxyl groups is 1. The number of aliphatic hydroxyl groups excluding tert-OH is 1. The van der Waals surface area contributed by atoms with E-state index in [2.05, 4.69) is 26.0 Å². The Morgan fingerprint density at radius 1 is 1.43 bits per heavy atom. The molecule has 0 aromatic heterocycles. The summed E-state index contributed by atoms with van der Waals surface area (Å²) in [6.07, 6.45) is 6.06. The van der Waals surface area contributed by atoms with Crippen LogP contribution in [0, 0.1) is 23.2 Å². The van der Waals surface area contributed by atoms with Crippen molar-refractivity contribution in [2.75, 3.05) is 19.8 Å². The van der Waals surface area contributed by atoms with Gasteiger partial charge in [0.25, 0.3) is 0 Å². The fourth-order valence-electron chi connectivity index (χ4n) is 3.47. The minimum Gasteiger partial charge on any atom is -0.396 e. The Bertz CT molecular complexity index is 386. The molecule has 0 aromatic rings. The van der Waals surface area contributed by atoms with Gasteiger partial charge >= 0.3 is 0 Å². The van der Waals surface area contributed by atoms with Gasteiger partial charge in [-0.05, 0) is 24.2 Å². The molecule has 0 aromatic carbocycles. The molecule has 4 nitrogen and oxygen atoms in total. The van der Waals surface area contributed by atoms with Crippen LogP contribution >= 0.6 is 0 Å². The number of carbonyl (C=O) groups excluding carboxylic acids is 1. The molecule has 21 heavy (non-hydrogen) atoms. The van der Waals surface area contributed by atoms with Crippen molar-refractivity contribution in [3.8, 4) is 0 Å². The van der Waals surface area contributed by atoms with Crippen LogP contribution in [0.3, 0.4) is 0 Å². The quantitative estimate of drug-likeness (QED) is 0.765. The maximum Gasteiger partial charge on any atom is 0.163 e. The van der Waals surface area contributed by atoms with Gasteiger partial charge in [0.05, 0.1) is 13.2 Å². The average Bonchev–Trinajstić information content (AvgIpc) is 2.98. The lowest BCUT2D eigenvalue weighted by molar-refractivity contribution is -0.167. The number of rotatable bonds is 6. The fraction of sp³-hybridized carbons (Fsp3) is 0.824. The van der Waals surface area contributed by atoms with Crippen LogP contribution in [-0.4, -0.2) is 37.0 Å². The van der Waals surface area contributed by atoms with Crippen LogP contribution in [0.2, 0.25) is 0 Å². The van der Waals surface area contributed by atoms with E-state index >= 15 is 0 Å². The summed E-state index contributed by atoms with van der Waals surface area (Å²) >= 11 is 0. The van der Waals surface area contributed by atoms with Crippen LogP contribution in [0.15, 0.2) is 12.2 Å². The summed E-state index contributed by atoms with van der Waals surface area (Å²) in [7, 11) is 0. The third-order valence-electron chi connectivity index (χ3n) is 5.18. The highest BCUT2D eigenvalue weighted by molar-refractivity contribution is 5.79. The minimum absolute atomic E-state index is 0.0349. The molecule has 2 rings (SSSR count). The second kappa shape index (κ2) is 7.03. The van der Waals surface area contributed by atoms with Gasteiger partial charge in [0.2, 0.25) is 0 Å². The second-order valence-electron chi connectivity index (χ2n) is 6.85. The number of hydrogen-bond donors (Lipinski definition) is 1. The molecule has 1 fully saturated rings. The standard InChI is InChI=1S/C17H28O4/c1-12(11-18)9-15(19)10-14-6-4-5-13(2)17(14,3)16-20-7-8-21-16/h4,6,12-14,16,18H,5,7-11H2,1-3H3/t12?,13-,14+,17+/m1/s1. The molecule has 4 heteroatoms. The molecule has 1 heterocycles. The number of Topliss-reactive ketones (excluding diaryl/α,β-unsaturated/α-hetero) is 1. The molecule has 4 atom stereocenters. The monoisotopic (exact) mass is 296 g/mol. The van der Waals surface area contributed by atoms with E-state index in [0.29, 0.717) is 32.0 Å². The van der Waals surface area contributed by atoms with E-state index < -0.39 is 0 Å². The molecular weight excluding hydrogens is 268 g/mol. The number of hydrogen-bond acceptors (Lipinski definition) is 4. The second-order valence-corrected chi connectivity index (χ2v) is 6.85. The number of allylic oxidation sites excluding steroid dienone is 2. The molecule has 2 aliphatic rings. The number of ether oxygens (including phenoxy) is 2. The average molecular weight is 296 g/mol. The van der Waals surface area contributed by atoms with Crippen molar-refractivity contribution in [3.05, 3.63) is 12.2 Å². The predicted octanol–water partition coefficient (Wildman–Crippen LogP) is 2.56. The fourth-order valence-corrected chi connectivity index (χ4v) is 3.47. The summed E-state index contributed by atoms with van der Waals surface area (Å²) in [5.41, 5.74) is -0.163. The van der Waals surface area contributed by atoms with E-state index in [4.69, 9.17) is 14.6 Å². The molecule has 1 unspecified atom stereocenters. The molecule has 1 N–H and O–H groups in total. The summed E-state index contributed by atoms with van der Waals surface area (Å²) < 4.78 is 11.5. The first-order valence-corrected chi connectivity index (χ1v) is 8.00. The van der Waals surface area contributed by atoms with Gasteiger partial charge in [0, 0.05) is 24.9 Å². The molecule has 1 aliphatic carbocycles. The van der Waals surface area contributed by atoms with Crippen LogP contribution in [-0.2, 0) is 14.3 Å². The topological polar surface area (TPSA) is 55.8 Å². The van der Waals surface area contributed by atoms with Gasteiger partial charge in [-0.1, -0.05) is 32.9 Å². The number of ketones is 1. The normalized spacial score (nSPS) is 35.0. The number of carbonyl (C=O) groups is 1. The lowest BCUT2D eigenvalue weighted by Crippen LogP contribution is -2.46. The first-order chi connectivity index (χ1) is 9.98. The molecule has 0 saturated carbocycles. The van der Waals surface area contributed by atoms with Gasteiger partial charge in [-0.25, -0.2) is 0 Å². The third-order valence-corrected chi connectivity index (χ3v) is 5.18. The van der Waals surface area contributed by atoms with Crippen molar-refractivity contribution in [3.63, 3.8) is 0 Å². The largest absolute Gasteiger partial charge is 0.396 e. The van der Waals surface area contributed by atoms with Crippen molar-refractivity contribution in [1.82, 2.24) is 0 Å². The molecule has 1 saturated heterocycles. The van der Waals surface area contributed by atoms with Crippen LogP contribution in [0.1, 0.15) is 40.0 Å². The van der Waals surface area contributed by atoms with E-state index in [1.54, 1.807) is 0 Å². The molecule has 0 bridgehead atoms. The van der Waals surface area contributed by atoms with Crippen molar-refractivity contribution in [1.29, 1.82) is 0 Å². The van der Waals surface area contributed by atoms with E-state index in [-0.39, 0.29) is 35.9 Å². The van der Waals surface area contributed by atoms with Crippen molar-refractivity contribution >= 4 is 5.78 Å². The van der Waals surface area contributed by atoms with Crippen molar-refractivity contribution in [2.45, 2.75) is 46.3 Å². The Balaban J connectivity index is 2.09. The Kier molecular flexibility index (Phi) is 5.58. The summed E-state index contributed by atoms with van der Waals surface area (Å²) in [4.78, 5) is 12.3. The zero-order valence-corrected chi connectivity index (χ0v) is 13.4. The SMILES string of the molecule is CC(CO)CC(=O)C[C@@H]1C=CC[C@@H](C)[C@]1(C)C1OCCO1. The van der Waals surface area contributed by atoms with Crippen LogP contribution < -0.4 is 0 Å². The molecule has 0 spiro atoms. The summed E-state index contributed by atoms with van der Waals surface area (Å²) in [6, 6.07) is 0. The Morgan fingerprint density at radius 2 is 2.10 bits per heavy atom. The predicted molar refractivity (Wildman–Crippen MR) is 80.7 cm³/mol. The summed E-state index contributed by atoms with van der Waals surface area (Å²) in [5, 5.41) is 9.10. The highest BCUT2D eigenvalue weighted by Crippen LogP contribution is 2.48. The Hall–Kier alpha value is -0.710. The Morgan fingerprint density at radius 3 is 2.71 bits per heavy atom. The molecule has 0 radical (unpaired) electrons. The van der Waals surface area contributed by atoms with E-state index in [1.807, 2.05) is 6.92 Å². The van der Waals surface area contributed by atoms with Gasteiger partial charge in [0.1, 0.15) is 5.78 Å². The first-order valence-electron chi connectivity index (χ1n) is 8.00. The molecular formula is C17H28O4. The van der Waals surface area contributed by atoms with Gasteiger partial charge in [-0.15, -0.1) is 0 Å². The highest BCUT2D eigenvalue weighted by atomic mass is 16.7. The summed E-state index contributed by atoms with van der Waals surface area (Å²) in [6.45, 7) is 7.64. The van der Waals surface area contributed by atoms with Crippen molar-refractivity contribution < 1.29 is 19.4 Å². The van der Waals surface area contributed by atoms with Crippen molar-refractivity contribution in [2.24, 2.45) is 23.2 Å². The zero-order chi connectivity index (χ0) is 15.5. The van der Waals surface area contributed by atoms with E-state index in [1.165, 1.54) is 0 Å². The van der Waals surface area contributed by atoms with Gasteiger partial charge in [-0.2, -0.15) is 0 Å². The maximum absolute atomic E-state index is 12.3. The van der Waals surface area contributed by atoms with E-state index in [9.17, 15) is 4.79 Å². The van der Waals surface area contributed by atoms with Gasteiger partial charge < -0.3 is 14.6 Å². The highest BCUT2D eigenvalue weighted by Gasteiger charge is 2.49. The molecule has 1 aliphatic heterocycles. The van der Waals surface area contributed by atoms with Gasteiger partial charge in [-0.3, -0.25) is 4.79 Å². The third kappa shape index (κ3) is 3.55. The smallest absolute Gasteiger partial charge is 0.163 e. The maximum atomic E-state index is 12.3. The van der Waals surface area contributed by atoms with Gasteiger partial charge in [0.15, 0.2) is 6.29 Å². The zero-order valence-electron chi connectivity index (χ0n) is 13.4. The van der Waals surface area contributed by atoms with Crippen LogP contribution in [0.4, 0.5) is 0 Å². The first kappa shape index (κ1) is 16.7. The summed E-state index contributed by atoms with van der Waals surface area (Å²) in [5.74, 6) is 0.804. The van der Waals surface area contributed by atoms with E-state index in [0.717, 1.165) is 6.42 Å². The van der Waals surface area contributed by atoms with Crippen LogP contribution in [0.5, 0.6) is 0 Å². The van der Waals surface area contributed by atoms with Crippen LogP contribution in [0.25, 0.3) is 0 Å².